The average Bonchev–Trinajstić information content (AvgIpc) is 3.68. The van der Waals surface area contributed by atoms with Crippen molar-refractivity contribution in [3.8, 4) is 51.0 Å². The van der Waals surface area contributed by atoms with E-state index in [-0.39, 0.29) is 22.6 Å². The van der Waals surface area contributed by atoms with Crippen LogP contribution in [0.2, 0.25) is 0 Å². The topological polar surface area (TPSA) is 43.6 Å². The van der Waals surface area contributed by atoms with Gasteiger partial charge in [-0.25, -0.2) is 4.98 Å². The second-order valence-electron chi connectivity index (χ2n) is 13.3. The Balaban J connectivity index is 1.22. The van der Waals surface area contributed by atoms with Crippen LogP contribution in [0.25, 0.3) is 105 Å². The minimum atomic E-state index is -0.632. The maximum Gasteiger partial charge on any atom is 0.238 e. The molecule has 0 aliphatic rings. The lowest BCUT2D eigenvalue weighted by molar-refractivity contribution is 0.954. The van der Waals surface area contributed by atoms with E-state index in [2.05, 4.69) is 42.5 Å². The van der Waals surface area contributed by atoms with Crippen LogP contribution in [0.1, 0.15) is 12.3 Å². The molecule has 2 heterocycles. The van der Waals surface area contributed by atoms with E-state index in [0.29, 0.717) is 28.2 Å². The molecular formula is C51H32N4. The summed E-state index contributed by atoms with van der Waals surface area (Å²) in [6.45, 7) is 0. The van der Waals surface area contributed by atoms with Crippen molar-refractivity contribution in [1.82, 2.24) is 19.5 Å². The molecule has 11 rings (SSSR count). The van der Waals surface area contributed by atoms with Crippen molar-refractivity contribution >= 4 is 54.1 Å². The van der Waals surface area contributed by atoms with Gasteiger partial charge in [0.2, 0.25) is 5.95 Å². The molecule has 0 spiro atoms. The van der Waals surface area contributed by atoms with Crippen molar-refractivity contribution in [1.29, 1.82) is 0 Å². The molecule has 0 aliphatic heterocycles. The molecule has 55 heavy (non-hydrogen) atoms. The summed E-state index contributed by atoms with van der Waals surface area (Å²) in [5.41, 5.74) is 2.28. The number of fused-ring (bicyclic) bond motifs is 9. The van der Waals surface area contributed by atoms with Gasteiger partial charge in [0.1, 0.15) is 0 Å². The van der Waals surface area contributed by atoms with Crippen LogP contribution in [0.4, 0.5) is 0 Å². The molecule has 11 aromatic rings. The van der Waals surface area contributed by atoms with E-state index < -0.39 is 54.4 Å². The number of rotatable bonds is 5. The standard InChI is InChI=1S/C51H32N4/c1-3-15-33(16-4-1)35-19-13-20-36(31-35)38-26-14-27-45-44-25-11-12-28-47(44)55(48(38)45)51-53-49(34-17-5-2-6-18-34)52-50(54-51)37-29-30-43-41-23-8-7-21-39(41)40-22-9-10-24-42(40)46(43)32-37/h1-32H/i1D,3D,4D,13D,15D,16D,19D,20D,31D. The maximum atomic E-state index is 9.63. The third-order valence-corrected chi connectivity index (χ3v) is 10.2. The first-order valence-electron chi connectivity index (χ1n) is 22.4. The van der Waals surface area contributed by atoms with Gasteiger partial charge >= 0.3 is 0 Å². The highest BCUT2D eigenvalue weighted by Gasteiger charge is 2.21. The first-order chi connectivity index (χ1) is 31.0. The molecular weight excluding hydrogens is 669 g/mol. The summed E-state index contributed by atoms with van der Waals surface area (Å²) >= 11 is 0. The maximum absolute atomic E-state index is 9.63. The van der Waals surface area contributed by atoms with E-state index >= 15 is 0 Å². The molecule has 2 aromatic heterocycles. The zero-order valence-corrected chi connectivity index (χ0v) is 29.1. The summed E-state index contributed by atoms with van der Waals surface area (Å²) < 4.78 is 81.1. The van der Waals surface area contributed by atoms with Crippen LogP contribution in [-0.4, -0.2) is 19.5 Å². The van der Waals surface area contributed by atoms with Gasteiger partial charge in [-0.3, -0.25) is 4.57 Å². The molecule has 4 heteroatoms. The van der Waals surface area contributed by atoms with Crippen LogP contribution in [-0.2, 0) is 0 Å². The molecule has 0 aliphatic carbocycles. The SMILES string of the molecule is [2H]c1c([2H])c([2H])c(-c2c([2H])c([2H])c([2H])c(-c3cccc4c5ccccc5n(-c5nc(-c6ccccc6)nc(-c6ccc7c8ccccc8c8ccccc8c7c6)n5)c34)c2[2H])c([2H])c1[2H]. The van der Waals surface area contributed by atoms with Gasteiger partial charge in [0.15, 0.2) is 11.6 Å². The van der Waals surface area contributed by atoms with E-state index in [0.717, 1.165) is 54.2 Å². The Hall–Kier alpha value is -7.43. The van der Waals surface area contributed by atoms with Crippen LogP contribution >= 0.6 is 0 Å². The number of hydrogen-bond donors (Lipinski definition) is 0. The number of nitrogens with zero attached hydrogens (tertiary/aromatic N) is 4. The zero-order chi connectivity index (χ0) is 44.1. The van der Waals surface area contributed by atoms with Crippen molar-refractivity contribution in [3.05, 3.63) is 194 Å². The fourth-order valence-electron chi connectivity index (χ4n) is 7.76. The van der Waals surface area contributed by atoms with Crippen LogP contribution in [0.15, 0.2) is 194 Å². The molecule has 0 amide bonds. The summed E-state index contributed by atoms with van der Waals surface area (Å²) in [4.78, 5) is 15.4. The van der Waals surface area contributed by atoms with Crippen LogP contribution in [0.3, 0.4) is 0 Å². The van der Waals surface area contributed by atoms with Gasteiger partial charge in [0, 0.05) is 27.5 Å². The van der Waals surface area contributed by atoms with Crippen LogP contribution in [0.5, 0.6) is 0 Å². The third-order valence-electron chi connectivity index (χ3n) is 10.2. The first-order valence-corrected chi connectivity index (χ1v) is 17.9. The van der Waals surface area contributed by atoms with Crippen molar-refractivity contribution in [2.24, 2.45) is 0 Å². The minimum absolute atomic E-state index is 0.0522. The highest BCUT2D eigenvalue weighted by Crippen LogP contribution is 2.40. The highest BCUT2D eigenvalue weighted by molar-refractivity contribution is 6.25. The Morgan fingerprint density at radius 3 is 1.71 bits per heavy atom. The largest absolute Gasteiger partial charge is 0.277 e. The molecule has 0 atom stereocenters. The number of para-hydroxylation sites is 2. The van der Waals surface area contributed by atoms with Gasteiger partial charge < -0.3 is 0 Å². The van der Waals surface area contributed by atoms with Gasteiger partial charge in [0.05, 0.1) is 23.4 Å². The lowest BCUT2D eigenvalue weighted by Crippen LogP contribution is -2.07. The molecule has 256 valence electrons. The van der Waals surface area contributed by atoms with E-state index in [9.17, 15) is 2.74 Å². The number of aromatic nitrogens is 4. The summed E-state index contributed by atoms with van der Waals surface area (Å²) in [6, 6.07) is 40.6. The predicted molar refractivity (Wildman–Crippen MR) is 228 cm³/mol. The fourth-order valence-corrected chi connectivity index (χ4v) is 7.76. The summed E-state index contributed by atoms with van der Waals surface area (Å²) in [5.74, 6) is 1.06. The van der Waals surface area contributed by atoms with E-state index in [4.69, 9.17) is 24.5 Å². The molecule has 9 aromatic carbocycles. The Labute approximate surface area is 330 Å². The third kappa shape index (κ3) is 5.11. The van der Waals surface area contributed by atoms with Gasteiger partial charge in [-0.05, 0) is 67.2 Å². The smallest absolute Gasteiger partial charge is 0.238 e. The fraction of sp³-hybridized carbons (Fsp3) is 0. The second-order valence-corrected chi connectivity index (χ2v) is 13.3. The number of benzene rings is 9. The Bertz CT molecular complexity index is 3730. The number of hydrogen-bond acceptors (Lipinski definition) is 3. The normalized spacial score (nSPS) is 13.9. The highest BCUT2D eigenvalue weighted by atomic mass is 15.2. The van der Waals surface area contributed by atoms with Crippen LogP contribution in [0, 0.1) is 0 Å². The van der Waals surface area contributed by atoms with E-state index in [1.807, 2.05) is 89.5 Å². The van der Waals surface area contributed by atoms with Gasteiger partial charge in [0.25, 0.3) is 0 Å². The average molecular weight is 710 g/mol. The van der Waals surface area contributed by atoms with Crippen molar-refractivity contribution < 1.29 is 12.3 Å². The summed E-state index contributed by atoms with van der Waals surface area (Å²) in [6.07, 6.45) is 0. The second kappa shape index (κ2) is 12.6. The molecule has 0 radical (unpaired) electrons. The Kier molecular flexibility index (Phi) is 5.34. The van der Waals surface area contributed by atoms with Gasteiger partial charge in [-0.15, -0.1) is 0 Å². The Morgan fingerprint density at radius 2 is 0.964 bits per heavy atom. The molecule has 0 saturated carbocycles. The van der Waals surface area contributed by atoms with E-state index in [1.165, 1.54) is 0 Å². The molecule has 0 saturated heterocycles. The predicted octanol–water partition coefficient (Wildman–Crippen LogP) is 13.1. The van der Waals surface area contributed by atoms with Crippen molar-refractivity contribution in [2.45, 2.75) is 0 Å². The molecule has 0 fully saturated rings. The zero-order valence-electron chi connectivity index (χ0n) is 38.1. The monoisotopic (exact) mass is 709 g/mol. The molecule has 0 unspecified atom stereocenters. The lowest BCUT2D eigenvalue weighted by atomic mass is 9.93. The first kappa shape index (κ1) is 23.3. The van der Waals surface area contributed by atoms with Crippen LogP contribution < -0.4 is 0 Å². The molecule has 0 N–H and O–H groups in total. The van der Waals surface area contributed by atoms with Crippen molar-refractivity contribution in [3.63, 3.8) is 0 Å². The summed E-state index contributed by atoms with van der Waals surface area (Å²) in [7, 11) is 0. The van der Waals surface area contributed by atoms with Gasteiger partial charge in [-0.1, -0.05) is 176 Å². The van der Waals surface area contributed by atoms with Gasteiger partial charge in [-0.2, -0.15) is 9.97 Å². The summed E-state index contributed by atoms with van der Waals surface area (Å²) in [5, 5.41) is 8.20. The molecule has 4 nitrogen and oxygen atoms in total. The van der Waals surface area contributed by atoms with E-state index in [1.54, 1.807) is 12.1 Å². The minimum Gasteiger partial charge on any atom is -0.277 e. The molecule has 0 bridgehead atoms. The van der Waals surface area contributed by atoms with Crippen molar-refractivity contribution in [2.75, 3.05) is 0 Å². The quantitative estimate of drug-likeness (QED) is 0.167. The Morgan fingerprint density at radius 1 is 0.382 bits per heavy atom. The lowest BCUT2D eigenvalue weighted by Gasteiger charge is -2.14.